The Balaban J connectivity index is 0.00000272. The van der Waals surface area contributed by atoms with Crippen molar-refractivity contribution in [1.82, 2.24) is 4.57 Å². The number of alkyl halides is 3. The molecule has 0 saturated carbocycles. The van der Waals surface area contributed by atoms with Crippen molar-refractivity contribution in [1.29, 1.82) is 0 Å². The average molecular weight is 491 g/mol. The second-order valence-electron chi connectivity index (χ2n) is 7.00. The van der Waals surface area contributed by atoms with E-state index >= 15 is 0 Å². The highest BCUT2D eigenvalue weighted by molar-refractivity contribution is 6.42. The van der Waals surface area contributed by atoms with Gasteiger partial charge in [0.2, 0.25) is 0 Å². The Kier molecular flexibility index (Phi) is 6.88. The van der Waals surface area contributed by atoms with Gasteiger partial charge in [0, 0.05) is 11.5 Å². The number of halogens is 6. The molecule has 2 aromatic carbocycles. The molecule has 1 aliphatic heterocycles. The van der Waals surface area contributed by atoms with E-state index in [-0.39, 0.29) is 24.6 Å². The Hall–Kier alpha value is -2.22. The minimum Gasteiger partial charge on any atom is -0.859 e. The van der Waals surface area contributed by atoms with Crippen LogP contribution in [0.1, 0.15) is 17.8 Å². The predicted octanol–water partition coefficient (Wildman–Crippen LogP) is 5.23. The standard InChI is InChI=1S/C21H16Cl2F3N3O.ClH/c22-16-7-6-13(9-17(16)23)18-11-28(20-5-2-8-29(18)20)12-19(30)27-15-4-1-3-14(10-15)21(24,25)26;/h1,3-4,6-7,9-11H,2,5,8,12H2;1H. The monoisotopic (exact) mass is 489 g/mol. The lowest BCUT2D eigenvalue weighted by Gasteiger charge is -2.10. The fourth-order valence-corrected chi connectivity index (χ4v) is 3.91. The van der Waals surface area contributed by atoms with Gasteiger partial charge in [-0.1, -0.05) is 29.3 Å². The Morgan fingerprint density at radius 3 is 2.61 bits per heavy atom. The number of nitrogens with zero attached hydrogens (tertiary/aromatic N) is 3. The Bertz CT molecular complexity index is 1140. The summed E-state index contributed by atoms with van der Waals surface area (Å²) in [6, 6.07) is 9.77. The maximum atomic E-state index is 12.9. The summed E-state index contributed by atoms with van der Waals surface area (Å²) in [4.78, 5) is 3.85. The molecular weight excluding hydrogens is 474 g/mol. The van der Waals surface area contributed by atoms with Gasteiger partial charge in [0.05, 0.1) is 34.3 Å². The van der Waals surface area contributed by atoms with E-state index in [1.807, 2.05) is 12.3 Å². The van der Waals surface area contributed by atoms with Crippen molar-refractivity contribution in [2.75, 3.05) is 0 Å². The molecule has 2 heterocycles. The molecule has 0 N–H and O–H groups in total. The van der Waals surface area contributed by atoms with Gasteiger partial charge in [-0.05, 0) is 42.8 Å². The molecule has 0 spiro atoms. The molecule has 0 saturated heterocycles. The number of fused-ring (bicyclic) bond motifs is 1. The number of aliphatic imine (C=N–C) groups is 1. The van der Waals surface area contributed by atoms with Gasteiger partial charge in [0.1, 0.15) is 12.7 Å². The number of aromatic nitrogens is 2. The quantitative estimate of drug-likeness (QED) is 0.281. The van der Waals surface area contributed by atoms with Crippen LogP contribution >= 0.6 is 35.6 Å². The van der Waals surface area contributed by atoms with Gasteiger partial charge >= 0.3 is 6.18 Å². The zero-order valence-electron chi connectivity index (χ0n) is 16.0. The minimum atomic E-state index is -4.48. The van der Waals surface area contributed by atoms with E-state index in [2.05, 4.69) is 9.56 Å². The van der Waals surface area contributed by atoms with Crippen LogP contribution < -0.4 is 9.67 Å². The highest BCUT2D eigenvalue weighted by Gasteiger charge is 2.31. The Morgan fingerprint density at radius 1 is 1.13 bits per heavy atom. The number of imidazole rings is 1. The summed E-state index contributed by atoms with van der Waals surface area (Å²) in [6.45, 7) is 0.740. The number of benzene rings is 2. The van der Waals surface area contributed by atoms with Gasteiger partial charge in [-0.25, -0.2) is 9.13 Å². The summed E-state index contributed by atoms with van der Waals surface area (Å²) in [5.74, 6) is 0.434. The lowest BCUT2D eigenvalue weighted by molar-refractivity contribution is -0.693. The molecule has 0 atom stereocenters. The summed E-state index contributed by atoms with van der Waals surface area (Å²) < 4.78 is 42.5. The summed E-state index contributed by atoms with van der Waals surface area (Å²) in [5, 5.41) is 13.4. The second-order valence-corrected chi connectivity index (χ2v) is 7.81. The van der Waals surface area contributed by atoms with E-state index in [1.54, 1.807) is 16.7 Å². The number of hydrogen-bond acceptors (Lipinski definition) is 2. The van der Waals surface area contributed by atoms with Gasteiger partial charge in [0.25, 0.3) is 5.82 Å². The maximum Gasteiger partial charge on any atom is 0.416 e. The number of hydrogen-bond donors (Lipinski definition) is 0. The molecule has 1 aromatic heterocycles. The van der Waals surface area contributed by atoms with Crippen LogP contribution in [-0.4, -0.2) is 10.5 Å². The molecule has 0 amide bonds. The van der Waals surface area contributed by atoms with Crippen LogP contribution in [0.2, 0.25) is 10.0 Å². The van der Waals surface area contributed by atoms with Crippen LogP contribution in [-0.2, 0) is 25.7 Å². The van der Waals surface area contributed by atoms with Crippen molar-refractivity contribution in [3.63, 3.8) is 0 Å². The molecule has 164 valence electrons. The molecule has 0 radical (unpaired) electrons. The fraction of sp³-hybridized carbons (Fsp3) is 0.238. The Labute approximate surface area is 193 Å². The smallest absolute Gasteiger partial charge is 0.416 e. The lowest BCUT2D eigenvalue weighted by atomic mass is 10.1. The predicted molar refractivity (Wildman–Crippen MR) is 114 cm³/mol. The van der Waals surface area contributed by atoms with Gasteiger partial charge in [0.15, 0.2) is 5.69 Å². The summed E-state index contributed by atoms with van der Waals surface area (Å²) in [7, 11) is 0. The summed E-state index contributed by atoms with van der Waals surface area (Å²) in [5.41, 5.74) is 0.911. The molecule has 0 bridgehead atoms. The first kappa shape index (κ1) is 23.4. The molecule has 0 unspecified atom stereocenters. The third-order valence-electron chi connectivity index (χ3n) is 4.94. The molecular formula is C21H17Cl3F3N3O. The maximum absolute atomic E-state index is 12.9. The van der Waals surface area contributed by atoms with Crippen molar-refractivity contribution in [3.8, 4) is 11.3 Å². The molecule has 4 rings (SSSR count). The molecule has 3 aromatic rings. The fourth-order valence-electron chi connectivity index (χ4n) is 3.61. The van der Waals surface area contributed by atoms with Crippen LogP contribution in [0, 0.1) is 0 Å². The van der Waals surface area contributed by atoms with Gasteiger partial charge < -0.3 is 5.11 Å². The lowest BCUT2D eigenvalue weighted by Crippen LogP contribution is -2.43. The topological polar surface area (TPSA) is 44.2 Å². The zero-order valence-corrected chi connectivity index (χ0v) is 18.3. The molecule has 0 aliphatic carbocycles. The highest BCUT2D eigenvalue weighted by atomic mass is 35.5. The van der Waals surface area contributed by atoms with Gasteiger partial charge in [-0.15, -0.1) is 12.4 Å². The third-order valence-corrected chi connectivity index (χ3v) is 5.68. The van der Waals surface area contributed by atoms with E-state index in [4.69, 9.17) is 23.2 Å². The SMILES string of the molecule is Cl.[O-]C(C[n+]1cc(-c2ccc(Cl)c(Cl)c2)n2c1CCC2)=Nc1cccc(C(F)(F)F)c1. The first-order valence-electron chi connectivity index (χ1n) is 9.21. The first-order chi connectivity index (χ1) is 14.2. The van der Waals surface area contributed by atoms with E-state index in [1.165, 1.54) is 12.1 Å². The van der Waals surface area contributed by atoms with Crippen molar-refractivity contribution >= 4 is 47.2 Å². The van der Waals surface area contributed by atoms with E-state index in [0.29, 0.717) is 10.0 Å². The van der Waals surface area contributed by atoms with Gasteiger partial charge in [-0.2, -0.15) is 13.2 Å². The molecule has 31 heavy (non-hydrogen) atoms. The van der Waals surface area contributed by atoms with E-state index in [9.17, 15) is 18.3 Å². The van der Waals surface area contributed by atoms with Crippen molar-refractivity contribution in [2.45, 2.75) is 32.1 Å². The van der Waals surface area contributed by atoms with Crippen LogP contribution in [0.5, 0.6) is 0 Å². The average Bonchev–Trinajstić information content (AvgIpc) is 3.27. The van der Waals surface area contributed by atoms with E-state index < -0.39 is 17.6 Å². The van der Waals surface area contributed by atoms with Crippen molar-refractivity contribution < 1.29 is 22.8 Å². The first-order valence-corrected chi connectivity index (χ1v) is 9.97. The largest absolute Gasteiger partial charge is 0.859 e. The van der Waals surface area contributed by atoms with Crippen LogP contribution in [0.3, 0.4) is 0 Å². The van der Waals surface area contributed by atoms with E-state index in [0.717, 1.165) is 48.6 Å². The highest BCUT2D eigenvalue weighted by Crippen LogP contribution is 2.32. The molecule has 10 heteroatoms. The second kappa shape index (κ2) is 9.10. The van der Waals surface area contributed by atoms with Gasteiger partial charge in [-0.3, -0.25) is 4.99 Å². The number of rotatable bonds is 4. The normalized spacial score (nSPS) is 13.8. The minimum absolute atomic E-state index is 0. The molecule has 0 fully saturated rings. The summed E-state index contributed by atoms with van der Waals surface area (Å²) in [6.07, 6.45) is -0.920. The summed E-state index contributed by atoms with van der Waals surface area (Å²) >= 11 is 12.1. The molecule has 4 nitrogen and oxygen atoms in total. The zero-order chi connectivity index (χ0) is 21.5. The molecule has 1 aliphatic rings. The third kappa shape index (κ3) is 5.00. The van der Waals surface area contributed by atoms with Crippen molar-refractivity contribution in [2.24, 2.45) is 4.99 Å². The Morgan fingerprint density at radius 2 is 1.90 bits per heavy atom. The van der Waals surface area contributed by atoms with Crippen LogP contribution in [0.25, 0.3) is 11.3 Å². The van der Waals surface area contributed by atoms with Crippen molar-refractivity contribution in [3.05, 3.63) is 70.1 Å². The van der Waals surface area contributed by atoms with Crippen LogP contribution in [0.4, 0.5) is 18.9 Å². The van der Waals surface area contributed by atoms with Crippen LogP contribution in [0.15, 0.2) is 53.7 Å².